The summed E-state index contributed by atoms with van der Waals surface area (Å²) in [6.07, 6.45) is 0. The van der Waals surface area contributed by atoms with Crippen LogP contribution in [0, 0.1) is 0 Å². The first-order chi connectivity index (χ1) is 5.29. The second-order valence-electron chi connectivity index (χ2n) is 2.17. The Balaban J connectivity index is 0.00000121. The van der Waals surface area contributed by atoms with Crippen molar-refractivity contribution in [1.29, 1.82) is 0 Å². The quantitative estimate of drug-likeness (QED) is 0.663. The summed E-state index contributed by atoms with van der Waals surface area (Å²) >= 11 is 7.16. The van der Waals surface area contributed by atoms with Crippen LogP contribution in [-0.4, -0.2) is 7.11 Å². The van der Waals surface area contributed by atoms with E-state index in [1.165, 1.54) is 18.3 Å². The molecule has 0 N–H and O–H groups in total. The number of halogens is 2. The Kier molecular flexibility index (Phi) is 6.16. The first-order valence-electron chi connectivity index (χ1n) is 3.40. The molecular weight excluding hydrogens is 293 g/mol. The zero-order valence-electron chi connectivity index (χ0n) is 6.81. The van der Waals surface area contributed by atoms with Crippen LogP contribution in [-0.2, 0) is 23.3 Å². The van der Waals surface area contributed by atoms with Crippen molar-refractivity contribution in [2.75, 3.05) is 7.11 Å². The molecule has 0 aliphatic rings. The van der Waals surface area contributed by atoms with Crippen molar-refractivity contribution < 1.29 is 40.0 Å². The third kappa shape index (κ3) is 2.72. The number of hydrogen-bond acceptors (Lipinski definition) is 1. The number of methoxy groups -OCH3 is 1. The van der Waals surface area contributed by atoms with Gasteiger partial charge in [-0.05, 0) is 0 Å². The van der Waals surface area contributed by atoms with Gasteiger partial charge in [0.2, 0.25) is 0 Å². The SMILES string of the molecule is COc1cccc(Cl)c1[CH2][Zn+].[Br-]. The van der Waals surface area contributed by atoms with Gasteiger partial charge in [0.15, 0.2) is 0 Å². The molecule has 4 heteroatoms. The maximum Gasteiger partial charge on any atom is -1.00 e. The largest absolute Gasteiger partial charge is 1.00 e. The average Bonchev–Trinajstić information content (AvgIpc) is 2.04. The van der Waals surface area contributed by atoms with Gasteiger partial charge in [-0.25, -0.2) is 0 Å². The molecule has 1 aromatic carbocycles. The zero-order chi connectivity index (χ0) is 8.27. The average molecular weight is 301 g/mol. The molecule has 62 valence electrons. The summed E-state index contributed by atoms with van der Waals surface area (Å²) in [7, 11) is 1.67. The van der Waals surface area contributed by atoms with Gasteiger partial charge in [-0.2, -0.15) is 0 Å². The van der Waals surface area contributed by atoms with E-state index in [1.54, 1.807) is 7.11 Å². The van der Waals surface area contributed by atoms with Crippen LogP contribution in [0.1, 0.15) is 5.56 Å². The molecule has 0 aliphatic heterocycles. The molecule has 0 atom stereocenters. The Bertz CT molecular complexity index is 255. The van der Waals surface area contributed by atoms with Gasteiger partial charge in [0, 0.05) is 0 Å². The molecule has 12 heavy (non-hydrogen) atoms. The Hall–Kier alpha value is 0.413. The van der Waals surface area contributed by atoms with Crippen LogP contribution in [0.2, 0.25) is 5.02 Å². The molecule has 1 aromatic rings. The number of rotatable bonds is 2. The molecule has 0 heterocycles. The van der Waals surface area contributed by atoms with Crippen LogP contribution in [0.4, 0.5) is 0 Å². The summed E-state index contributed by atoms with van der Waals surface area (Å²) in [5.41, 5.74) is 1.14. The second kappa shape index (κ2) is 5.96. The van der Waals surface area contributed by atoms with Crippen molar-refractivity contribution >= 4 is 11.6 Å². The fraction of sp³-hybridized carbons (Fsp3) is 0.250. The minimum Gasteiger partial charge on any atom is -1.00 e. The van der Waals surface area contributed by atoms with Gasteiger partial charge < -0.3 is 17.0 Å². The molecule has 0 fully saturated rings. The van der Waals surface area contributed by atoms with Crippen molar-refractivity contribution in [3.8, 4) is 5.75 Å². The van der Waals surface area contributed by atoms with Gasteiger partial charge in [0.05, 0.1) is 0 Å². The van der Waals surface area contributed by atoms with Crippen LogP contribution in [0.3, 0.4) is 0 Å². The first-order valence-corrected chi connectivity index (χ1v) is 5.87. The third-order valence-corrected chi connectivity index (χ3v) is 2.95. The molecule has 0 radical (unpaired) electrons. The van der Waals surface area contributed by atoms with Crippen LogP contribution in [0.5, 0.6) is 5.75 Å². The zero-order valence-corrected chi connectivity index (χ0v) is 12.1. The fourth-order valence-corrected chi connectivity index (χ4v) is 2.65. The van der Waals surface area contributed by atoms with Gasteiger partial charge in [-0.1, -0.05) is 0 Å². The van der Waals surface area contributed by atoms with Crippen molar-refractivity contribution in [2.45, 2.75) is 5.02 Å². The predicted molar refractivity (Wildman–Crippen MR) is 41.7 cm³/mol. The van der Waals surface area contributed by atoms with Crippen LogP contribution in [0.15, 0.2) is 18.2 Å². The normalized spacial score (nSPS) is 9.00. The predicted octanol–water partition coefficient (Wildman–Crippen LogP) is -0.601. The van der Waals surface area contributed by atoms with E-state index in [-0.39, 0.29) is 17.0 Å². The van der Waals surface area contributed by atoms with E-state index < -0.39 is 0 Å². The Morgan fingerprint density at radius 3 is 2.58 bits per heavy atom. The molecule has 0 aromatic heterocycles. The molecule has 0 bridgehead atoms. The van der Waals surface area contributed by atoms with E-state index in [0.717, 1.165) is 21.4 Å². The van der Waals surface area contributed by atoms with E-state index in [1.807, 2.05) is 18.2 Å². The number of hydrogen-bond donors (Lipinski definition) is 0. The van der Waals surface area contributed by atoms with E-state index >= 15 is 0 Å². The van der Waals surface area contributed by atoms with Crippen LogP contribution in [0.25, 0.3) is 0 Å². The first kappa shape index (κ1) is 12.4. The van der Waals surface area contributed by atoms with Gasteiger partial charge >= 0.3 is 81.3 Å². The number of ether oxygens (including phenoxy) is 1. The summed E-state index contributed by atoms with van der Waals surface area (Å²) in [6.45, 7) is 0. The standard InChI is InChI=1S/C8H8ClO.BrH.Zn/c1-6-7(9)4-3-5-8(6)10-2;;/h3-5H,1H2,2H3;1H;/q;;+1/p-1. The molecule has 0 saturated heterocycles. The number of benzene rings is 1. The summed E-state index contributed by atoms with van der Waals surface area (Å²) in [6, 6.07) is 5.74. The smallest absolute Gasteiger partial charge is 1.00 e. The van der Waals surface area contributed by atoms with Crippen LogP contribution >= 0.6 is 11.6 Å². The van der Waals surface area contributed by atoms with Crippen molar-refractivity contribution in [1.82, 2.24) is 0 Å². The molecule has 0 aliphatic carbocycles. The summed E-state index contributed by atoms with van der Waals surface area (Å²) < 4.78 is 5.15. The Labute approximate surface area is 97.9 Å². The molecule has 1 nitrogen and oxygen atoms in total. The summed E-state index contributed by atoms with van der Waals surface area (Å²) in [5, 5.41) is 1.85. The molecule has 0 amide bonds. The van der Waals surface area contributed by atoms with Gasteiger partial charge in [0.25, 0.3) is 0 Å². The van der Waals surface area contributed by atoms with E-state index in [2.05, 4.69) is 0 Å². The maximum atomic E-state index is 5.95. The minimum absolute atomic E-state index is 0. The van der Waals surface area contributed by atoms with E-state index in [9.17, 15) is 0 Å². The molecule has 0 saturated carbocycles. The van der Waals surface area contributed by atoms with Crippen molar-refractivity contribution in [3.63, 3.8) is 0 Å². The molecular formula is C8H8BrClOZn. The Morgan fingerprint density at radius 1 is 1.50 bits per heavy atom. The van der Waals surface area contributed by atoms with E-state index in [4.69, 9.17) is 16.3 Å². The molecule has 0 unspecified atom stereocenters. The topological polar surface area (TPSA) is 9.23 Å². The fourth-order valence-electron chi connectivity index (χ4n) is 0.973. The van der Waals surface area contributed by atoms with E-state index in [0.29, 0.717) is 0 Å². The van der Waals surface area contributed by atoms with Gasteiger partial charge in [0.1, 0.15) is 0 Å². The van der Waals surface area contributed by atoms with Gasteiger partial charge in [-0.15, -0.1) is 0 Å². The summed E-state index contributed by atoms with van der Waals surface area (Å²) in [4.78, 5) is 0. The van der Waals surface area contributed by atoms with Crippen LogP contribution < -0.4 is 21.7 Å². The third-order valence-electron chi connectivity index (χ3n) is 1.55. The van der Waals surface area contributed by atoms with Crippen molar-refractivity contribution in [3.05, 3.63) is 28.8 Å². The Morgan fingerprint density at radius 2 is 2.17 bits per heavy atom. The molecule has 1 rings (SSSR count). The van der Waals surface area contributed by atoms with Crippen molar-refractivity contribution in [2.24, 2.45) is 0 Å². The monoisotopic (exact) mass is 298 g/mol. The minimum atomic E-state index is 0. The maximum absolute atomic E-state index is 5.95. The van der Waals surface area contributed by atoms with Gasteiger partial charge in [-0.3, -0.25) is 0 Å². The molecule has 0 spiro atoms. The summed E-state index contributed by atoms with van der Waals surface area (Å²) in [5.74, 6) is 0.906. The second-order valence-corrected chi connectivity index (χ2v) is 3.63.